The molecule has 0 aromatic carbocycles. The molecule has 0 radical (unpaired) electrons. The van der Waals surface area contributed by atoms with Crippen LogP contribution in [0.2, 0.25) is 0 Å². The first-order chi connectivity index (χ1) is 9.02. The smallest absolute Gasteiger partial charge is 0.173 e. The van der Waals surface area contributed by atoms with Crippen LogP contribution in [-0.4, -0.2) is 30.2 Å². The first-order valence-electron chi connectivity index (χ1n) is 7.98. The van der Waals surface area contributed by atoms with Gasteiger partial charge < -0.3 is 14.6 Å². The molecule has 0 bridgehead atoms. The molecule has 0 aromatic rings. The second-order valence-electron chi connectivity index (χ2n) is 6.79. The zero-order valence-corrected chi connectivity index (χ0v) is 12.8. The number of ether oxygens (including phenoxy) is 2. The van der Waals surface area contributed by atoms with Crippen molar-refractivity contribution in [1.29, 1.82) is 0 Å². The van der Waals surface area contributed by atoms with E-state index in [1.54, 1.807) is 0 Å². The summed E-state index contributed by atoms with van der Waals surface area (Å²) in [7, 11) is 0. The lowest BCUT2D eigenvalue weighted by atomic mass is 9.64. The lowest BCUT2D eigenvalue weighted by molar-refractivity contribution is -0.252. The Bertz CT molecular complexity index is 282. The minimum Gasteiger partial charge on any atom is -0.393 e. The number of unbranched alkanes of at least 4 members (excludes halogenated alkanes) is 1. The maximum absolute atomic E-state index is 9.96. The van der Waals surface area contributed by atoms with Gasteiger partial charge in [-0.15, -0.1) is 0 Å². The Hall–Kier alpha value is -0.120. The number of aliphatic hydroxyl groups excluding tert-OH is 1. The van der Waals surface area contributed by atoms with E-state index in [4.69, 9.17) is 9.47 Å². The van der Waals surface area contributed by atoms with E-state index >= 15 is 0 Å². The maximum Gasteiger partial charge on any atom is 0.173 e. The normalized spacial score (nSPS) is 31.6. The topological polar surface area (TPSA) is 38.7 Å². The van der Waals surface area contributed by atoms with Gasteiger partial charge in [0.2, 0.25) is 0 Å². The molecule has 1 saturated heterocycles. The van der Waals surface area contributed by atoms with Gasteiger partial charge in [0.05, 0.1) is 19.3 Å². The van der Waals surface area contributed by atoms with E-state index in [1.807, 2.05) is 0 Å². The van der Waals surface area contributed by atoms with Crippen molar-refractivity contribution in [3.8, 4) is 0 Å². The minimum atomic E-state index is -0.426. The van der Waals surface area contributed by atoms with Crippen LogP contribution in [0.3, 0.4) is 0 Å². The summed E-state index contributed by atoms with van der Waals surface area (Å²) in [6, 6.07) is 0. The molecule has 2 rings (SSSR count). The minimum absolute atomic E-state index is 0.0277. The quantitative estimate of drug-likeness (QED) is 0.831. The molecule has 0 amide bonds. The van der Waals surface area contributed by atoms with Crippen LogP contribution in [0, 0.1) is 11.3 Å². The van der Waals surface area contributed by atoms with Gasteiger partial charge in [-0.3, -0.25) is 0 Å². The van der Waals surface area contributed by atoms with E-state index in [9.17, 15) is 5.11 Å². The number of hydrogen-bond donors (Lipinski definition) is 1. The molecule has 1 aliphatic heterocycles. The van der Waals surface area contributed by atoms with Crippen LogP contribution in [0.5, 0.6) is 0 Å². The van der Waals surface area contributed by atoms with Crippen molar-refractivity contribution < 1.29 is 14.6 Å². The number of rotatable bonds is 5. The Morgan fingerprint density at radius 2 is 1.89 bits per heavy atom. The van der Waals surface area contributed by atoms with Gasteiger partial charge in [-0.1, -0.05) is 33.6 Å². The standard InChI is InChI=1S/C16H30O3/c1-4-5-9-16(18-10-11-19-16)15(2,3)13-7-6-8-14(17)12-13/h13-14,17H,4-12H2,1-3H3/t13-,14+/m1/s1. The monoisotopic (exact) mass is 270 g/mol. The van der Waals surface area contributed by atoms with E-state index in [-0.39, 0.29) is 11.5 Å². The molecule has 2 fully saturated rings. The molecule has 0 unspecified atom stereocenters. The average Bonchev–Trinajstić information content (AvgIpc) is 2.87. The van der Waals surface area contributed by atoms with Crippen molar-refractivity contribution in [2.75, 3.05) is 13.2 Å². The van der Waals surface area contributed by atoms with Crippen molar-refractivity contribution in [3.05, 3.63) is 0 Å². The second-order valence-corrected chi connectivity index (χ2v) is 6.79. The fraction of sp³-hybridized carbons (Fsp3) is 1.00. The molecular formula is C16H30O3. The van der Waals surface area contributed by atoms with Crippen LogP contribution >= 0.6 is 0 Å². The summed E-state index contributed by atoms with van der Waals surface area (Å²) >= 11 is 0. The van der Waals surface area contributed by atoms with Gasteiger partial charge in [0.15, 0.2) is 5.79 Å². The largest absolute Gasteiger partial charge is 0.393 e. The van der Waals surface area contributed by atoms with Crippen LogP contribution in [0.1, 0.15) is 65.7 Å². The number of hydrogen-bond acceptors (Lipinski definition) is 3. The average molecular weight is 270 g/mol. The van der Waals surface area contributed by atoms with Crippen LogP contribution in [0.25, 0.3) is 0 Å². The molecule has 1 N–H and O–H groups in total. The Morgan fingerprint density at radius 1 is 1.21 bits per heavy atom. The fourth-order valence-corrected chi connectivity index (χ4v) is 3.83. The summed E-state index contributed by atoms with van der Waals surface area (Å²) < 4.78 is 12.2. The summed E-state index contributed by atoms with van der Waals surface area (Å²) in [4.78, 5) is 0. The molecule has 2 aliphatic rings. The Kier molecular flexibility index (Phi) is 4.91. The molecule has 3 nitrogen and oxygen atoms in total. The lowest BCUT2D eigenvalue weighted by Gasteiger charge is -2.49. The zero-order valence-electron chi connectivity index (χ0n) is 12.8. The van der Waals surface area contributed by atoms with E-state index in [0.717, 1.165) is 38.5 Å². The molecule has 19 heavy (non-hydrogen) atoms. The van der Waals surface area contributed by atoms with Crippen molar-refractivity contribution in [1.82, 2.24) is 0 Å². The molecule has 3 heteroatoms. The third-order valence-electron chi connectivity index (χ3n) is 5.26. The molecule has 112 valence electrons. The maximum atomic E-state index is 9.96. The Labute approximate surface area is 117 Å². The van der Waals surface area contributed by atoms with Gasteiger partial charge in [0.1, 0.15) is 0 Å². The summed E-state index contributed by atoms with van der Waals surface area (Å²) in [5.41, 5.74) is -0.0277. The van der Waals surface area contributed by atoms with Crippen molar-refractivity contribution >= 4 is 0 Å². The van der Waals surface area contributed by atoms with Crippen LogP contribution < -0.4 is 0 Å². The SMILES string of the molecule is CCCCC1(C(C)(C)[C@@H]2CCC[C@H](O)C2)OCCO1. The molecular weight excluding hydrogens is 240 g/mol. The summed E-state index contributed by atoms with van der Waals surface area (Å²) in [5, 5.41) is 9.96. The third kappa shape index (κ3) is 2.98. The molecule has 1 saturated carbocycles. The van der Waals surface area contributed by atoms with Gasteiger partial charge in [0.25, 0.3) is 0 Å². The zero-order chi connectivity index (χ0) is 13.9. The van der Waals surface area contributed by atoms with Crippen molar-refractivity contribution in [3.63, 3.8) is 0 Å². The highest BCUT2D eigenvalue weighted by atomic mass is 16.7. The van der Waals surface area contributed by atoms with Gasteiger partial charge >= 0.3 is 0 Å². The predicted octanol–water partition coefficient (Wildman–Crippen LogP) is 3.50. The van der Waals surface area contributed by atoms with Crippen LogP contribution in [-0.2, 0) is 9.47 Å². The van der Waals surface area contributed by atoms with Crippen molar-refractivity contribution in [2.24, 2.45) is 11.3 Å². The highest BCUT2D eigenvalue weighted by Gasteiger charge is 2.53. The van der Waals surface area contributed by atoms with Gasteiger partial charge in [-0.05, 0) is 31.6 Å². The lowest BCUT2D eigenvalue weighted by Crippen LogP contribution is -2.51. The summed E-state index contributed by atoms with van der Waals surface area (Å²) in [5.74, 6) is 0.0660. The van der Waals surface area contributed by atoms with E-state index in [0.29, 0.717) is 19.1 Å². The van der Waals surface area contributed by atoms with E-state index in [1.165, 1.54) is 6.42 Å². The highest BCUT2D eigenvalue weighted by molar-refractivity contribution is 4.96. The van der Waals surface area contributed by atoms with Gasteiger partial charge in [-0.2, -0.15) is 0 Å². The molecule has 2 atom stereocenters. The highest BCUT2D eigenvalue weighted by Crippen LogP contribution is 2.51. The summed E-state index contributed by atoms with van der Waals surface area (Å²) in [6.45, 7) is 8.18. The Morgan fingerprint density at radius 3 is 2.47 bits per heavy atom. The fourth-order valence-electron chi connectivity index (χ4n) is 3.83. The molecule has 0 spiro atoms. The molecule has 1 heterocycles. The first-order valence-corrected chi connectivity index (χ1v) is 7.98. The van der Waals surface area contributed by atoms with Crippen LogP contribution in [0.15, 0.2) is 0 Å². The van der Waals surface area contributed by atoms with Gasteiger partial charge in [0, 0.05) is 11.8 Å². The Balaban J connectivity index is 2.13. The number of aliphatic hydroxyl groups is 1. The molecule has 1 aliphatic carbocycles. The first kappa shape index (κ1) is 15.3. The van der Waals surface area contributed by atoms with Crippen LogP contribution in [0.4, 0.5) is 0 Å². The van der Waals surface area contributed by atoms with Gasteiger partial charge in [-0.25, -0.2) is 0 Å². The summed E-state index contributed by atoms with van der Waals surface area (Å²) in [6.07, 6.45) is 7.30. The van der Waals surface area contributed by atoms with Crippen molar-refractivity contribution in [2.45, 2.75) is 77.6 Å². The third-order valence-corrected chi connectivity index (χ3v) is 5.26. The predicted molar refractivity (Wildman–Crippen MR) is 75.9 cm³/mol. The molecule has 0 aromatic heterocycles. The van der Waals surface area contributed by atoms with E-state index < -0.39 is 5.79 Å². The second kappa shape index (κ2) is 6.11. The van der Waals surface area contributed by atoms with E-state index in [2.05, 4.69) is 20.8 Å².